The summed E-state index contributed by atoms with van der Waals surface area (Å²) in [6, 6.07) is 9.22. The second-order valence-electron chi connectivity index (χ2n) is 9.19. The second-order valence-corrected chi connectivity index (χ2v) is 9.19. The van der Waals surface area contributed by atoms with E-state index in [2.05, 4.69) is 11.8 Å². The first kappa shape index (κ1) is 23.2. The maximum atomic E-state index is 13.5. The Morgan fingerprint density at radius 3 is 2.47 bits per heavy atom. The van der Waals surface area contributed by atoms with Crippen LogP contribution in [0.25, 0.3) is 5.76 Å². The lowest BCUT2D eigenvalue weighted by Crippen LogP contribution is -2.58. The molecule has 3 aliphatic rings. The smallest absolute Gasteiger partial charge is 0.255 e. The molecule has 9 nitrogen and oxygen atoms in total. The number of hydrogen-bond donors (Lipinski definition) is 6. The lowest BCUT2D eigenvalue weighted by atomic mass is 9.59. The van der Waals surface area contributed by atoms with Crippen LogP contribution in [0.4, 0.5) is 0 Å². The van der Waals surface area contributed by atoms with Gasteiger partial charge in [-0.1, -0.05) is 17.9 Å². The normalized spacial score (nSPS) is 24.9. The zero-order valence-corrected chi connectivity index (χ0v) is 18.8. The molecule has 1 fully saturated rings. The molecule has 1 amide bonds. The van der Waals surface area contributed by atoms with Crippen LogP contribution in [0.5, 0.6) is 11.5 Å². The van der Waals surface area contributed by atoms with E-state index in [1.165, 1.54) is 18.2 Å². The van der Waals surface area contributed by atoms with Crippen LogP contribution in [0, 0.1) is 23.7 Å². The summed E-state index contributed by atoms with van der Waals surface area (Å²) in [6.07, 6.45) is -0.184. The van der Waals surface area contributed by atoms with E-state index in [0.29, 0.717) is 16.7 Å². The van der Waals surface area contributed by atoms with Crippen LogP contribution >= 0.6 is 0 Å². The molecule has 2 aromatic rings. The van der Waals surface area contributed by atoms with E-state index in [0.717, 1.165) is 0 Å². The first-order chi connectivity index (χ1) is 17.0. The summed E-state index contributed by atoms with van der Waals surface area (Å²) >= 11 is 0. The van der Waals surface area contributed by atoms with Gasteiger partial charge in [-0.3, -0.25) is 14.4 Å². The van der Waals surface area contributed by atoms with Gasteiger partial charge in [0.15, 0.2) is 11.4 Å². The molecule has 5 rings (SSSR count). The van der Waals surface area contributed by atoms with Crippen LogP contribution in [0.1, 0.15) is 35.1 Å². The molecule has 182 valence electrons. The average molecular weight is 487 g/mol. The molecule has 0 heterocycles. The summed E-state index contributed by atoms with van der Waals surface area (Å²) in [4.78, 5) is 37.7. The second kappa shape index (κ2) is 8.00. The topological polar surface area (TPSA) is 178 Å². The summed E-state index contributed by atoms with van der Waals surface area (Å²) in [5.74, 6) is -0.816. The fourth-order valence-corrected chi connectivity index (χ4v) is 5.46. The zero-order valence-electron chi connectivity index (χ0n) is 18.8. The van der Waals surface area contributed by atoms with Crippen molar-refractivity contribution in [2.75, 3.05) is 0 Å². The Kier molecular flexibility index (Phi) is 5.16. The number of phenols is 2. The number of Topliss-reactive ketones (excluding diaryl/α,β-unsaturated/α-hetero) is 2. The standard InChI is InChI=1S/C27H21NO8/c28-26(35)22-19(31)11-15-9-14-10-17-13(5-4-12-2-1-3-16(29)8-12)6-7-18(30)21(17)23(32)20(14)24(33)27(15,36)25(22)34/h1-3,6-8,14-15,29-30,32,34,36H,9-11H2,(H2,28,35). The molecule has 3 aliphatic carbocycles. The molecule has 0 aliphatic heterocycles. The molecule has 0 radical (unpaired) electrons. The summed E-state index contributed by atoms with van der Waals surface area (Å²) in [7, 11) is 0. The number of ketones is 2. The van der Waals surface area contributed by atoms with Crippen molar-refractivity contribution in [1.82, 2.24) is 0 Å². The van der Waals surface area contributed by atoms with Crippen LogP contribution in [-0.4, -0.2) is 48.6 Å². The van der Waals surface area contributed by atoms with Crippen molar-refractivity contribution < 1.29 is 39.9 Å². The molecular weight excluding hydrogens is 466 g/mol. The Morgan fingerprint density at radius 2 is 1.78 bits per heavy atom. The molecular formula is C27H21NO8. The lowest BCUT2D eigenvalue weighted by Gasteiger charge is -2.46. The Hall–Kier alpha value is -4.55. The molecule has 36 heavy (non-hydrogen) atoms. The first-order valence-electron chi connectivity index (χ1n) is 11.2. The van der Waals surface area contributed by atoms with Crippen molar-refractivity contribution in [3.8, 4) is 23.3 Å². The number of carbonyl (C=O) groups is 3. The van der Waals surface area contributed by atoms with Gasteiger partial charge in [0, 0.05) is 29.0 Å². The van der Waals surface area contributed by atoms with E-state index in [1.807, 2.05) is 0 Å². The van der Waals surface area contributed by atoms with Gasteiger partial charge in [-0.2, -0.15) is 0 Å². The molecule has 0 saturated heterocycles. The number of aliphatic hydroxyl groups excluding tert-OH is 2. The van der Waals surface area contributed by atoms with Crippen LogP contribution in [0.2, 0.25) is 0 Å². The molecule has 1 saturated carbocycles. The van der Waals surface area contributed by atoms with E-state index in [-0.39, 0.29) is 41.9 Å². The van der Waals surface area contributed by atoms with Crippen LogP contribution in [0.3, 0.4) is 0 Å². The molecule has 3 atom stereocenters. The fraction of sp³-hybridized carbons (Fsp3) is 0.222. The number of carbonyl (C=O) groups excluding carboxylic acids is 3. The summed E-state index contributed by atoms with van der Waals surface area (Å²) < 4.78 is 0. The van der Waals surface area contributed by atoms with Crippen molar-refractivity contribution in [3.05, 3.63) is 75.6 Å². The van der Waals surface area contributed by atoms with E-state index in [1.54, 1.807) is 18.2 Å². The summed E-state index contributed by atoms with van der Waals surface area (Å²) in [6.45, 7) is 0. The Balaban J connectivity index is 1.65. The van der Waals surface area contributed by atoms with Gasteiger partial charge in [0.05, 0.1) is 5.56 Å². The SMILES string of the molecule is NC(=O)C1=C(O)C2(O)C(=O)C3=C(O)c4c(O)ccc(C#Cc5cccc(O)c5)c4CC3CC2CC1=O. The highest BCUT2D eigenvalue weighted by Gasteiger charge is 2.60. The number of nitrogens with two attached hydrogens (primary N) is 1. The van der Waals surface area contributed by atoms with E-state index in [4.69, 9.17) is 5.73 Å². The number of benzene rings is 2. The fourth-order valence-electron chi connectivity index (χ4n) is 5.46. The Bertz CT molecular complexity index is 1510. The van der Waals surface area contributed by atoms with Gasteiger partial charge >= 0.3 is 0 Å². The van der Waals surface area contributed by atoms with Gasteiger partial charge in [0.25, 0.3) is 5.91 Å². The minimum Gasteiger partial charge on any atom is -0.508 e. The third-order valence-corrected chi connectivity index (χ3v) is 7.13. The molecule has 0 spiro atoms. The minimum absolute atomic E-state index is 0.0233. The number of amides is 1. The highest BCUT2D eigenvalue weighted by Crippen LogP contribution is 2.52. The van der Waals surface area contributed by atoms with Crippen LogP contribution in [-0.2, 0) is 20.8 Å². The van der Waals surface area contributed by atoms with Crippen LogP contribution in [0.15, 0.2) is 53.3 Å². The Morgan fingerprint density at radius 1 is 1.03 bits per heavy atom. The quantitative estimate of drug-likeness (QED) is 0.259. The number of phenolic OH excluding ortho intramolecular Hbond substituents is 2. The number of primary amides is 1. The van der Waals surface area contributed by atoms with E-state index in [9.17, 15) is 39.9 Å². The number of aromatic hydroxyl groups is 2. The molecule has 0 aromatic heterocycles. The van der Waals surface area contributed by atoms with Crippen molar-refractivity contribution >= 4 is 23.2 Å². The van der Waals surface area contributed by atoms with E-state index < -0.39 is 52.0 Å². The van der Waals surface area contributed by atoms with Crippen molar-refractivity contribution in [2.24, 2.45) is 17.6 Å². The van der Waals surface area contributed by atoms with Crippen LogP contribution < -0.4 is 5.73 Å². The molecule has 2 aromatic carbocycles. The summed E-state index contributed by atoms with van der Waals surface area (Å²) in [5.41, 5.74) is 3.02. The van der Waals surface area contributed by atoms with Crippen molar-refractivity contribution in [1.29, 1.82) is 0 Å². The summed E-state index contributed by atoms with van der Waals surface area (Å²) in [5, 5.41) is 53.2. The molecule has 3 unspecified atom stereocenters. The van der Waals surface area contributed by atoms with Gasteiger partial charge < -0.3 is 31.3 Å². The van der Waals surface area contributed by atoms with E-state index >= 15 is 0 Å². The number of fused-ring (bicyclic) bond motifs is 3. The number of hydrogen-bond acceptors (Lipinski definition) is 8. The van der Waals surface area contributed by atoms with Gasteiger partial charge in [0.1, 0.15) is 28.6 Å². The average Bonchev–Trinajstić information content (AvgIpc) is 2.80. The van der Waals surface area contributed by atoms with Crippen molar-refractivity contribution in [2.45, 2.75) is 24.9 Å². The maximum absolute atomic E-state index is 13.5. The number of aliphatic hydroxyl groups is 3. The maximum Gasteiger partial charge on any atom is 0.255 e. The molecule has 0 bridgehead atoms. The van der Waals surface area contributed by atoms with Gasteiger partial charge in [-0.25, -0.2) is 0 Å². The molecule has 9 heteroatoms. The largest absolute Gasteiger partial charge is 0.508 e. The third-order valence-electron chi connectivity index (χ3n) is 7.13. The first-order valence-corrected chi connectivity index (χ1v) is 11.2. The minimum atomic E-state index is -2.60. The van der Waals surface area contributed by atoms with Gasteiger partial charge in [-0.15, -0.1) is 0 Å². The van der Waals surface area contributed by atoms with Gasteiger partial charge in [-0.05, 0) is 54.7 Å². The zero-order chi connectivity index (χ0) is 25.9. The lowest BCUT2D eigenvalue weighted by molar-refractivity contribution is -0.147. The molecule has 7 N–H and O–H groups in total. The third kappa shape index (κ3) is 3.26. The number of rotatable bonds is 1. The predicted molar refractivity (Wildman–Crippen MR) is 125 cm³/mol. The van der Waals surface area contributed by atoms with Gasteiger partial charge in [0.2, 0.25) is 5.78 Å². The highest BCUT2D eigenvalue weighted by atomic mass is 16.3. The highest BCUT2D eigenvalue weighted by molar-refractivity contribution is 6.22. The Labute approximate surface area is 204 Å². The monoisotopic (exact) mass is 487 g/mol. The predicted octanol–water partition coefficient (Wildman–Crippen LogP) is 1.53. The van der Waals surface area contributed by atoms with Crippen molar-refractivity contribution in [3.63, 3.8) is 0 Å².